The van der Waals surface area contributed by atoms with E-state index in [-0.39, 0.29) is 18.1 Å². The Kier molecular flexibility index (Phi) is 5.76. The second-order valence-corrected chi connectivity index (χ2v) is 6.26. The van der Waals surface area contributed by atoms with Crippen molar-refractivity contribution in [1.29, 1.82) is 0 Å². The van der Waals surface area contributed by atoms with Crippen molar-refractivity contribution in [3.8, 4) is 0 Å². The molecule has 1 aliphatic carbocycles. The van der Waals surface area contributed by atoms with Crippen molar-refractivity contribution < 1.29 is 9.90 Å². The number of nitrogens with one attached hydrogen (secondary N) is 1. The van der Waals surface area contributed by atoms with E-state index in [9.17, 15) is 9.90 Å². The number of carbonyl (C=O) groups is 1. The van der Waals surface area contributed by atoms with Crippen molar-refractivity contribution in [3.05, 3.63) is 12.2 Å². The molecular formula is C15H27N5O2. The summed E-state index contributed by atoms with van der Waals surface area (Å²) < 4.78 is 1.80. The second kappa shape index (κ2) is 7.58. The molecule has 1 aromatic heterocycles. The Bertz CT molecular complexity index is 482. The molecule has 0 unspecified atom stereocenters. The number of hydrogen-bond donors (Lipinski definition) is 2. The van der Waals surface area contributed by atoms with Crippen LogP contribution in [0.15, 0.2) is 6.33 Å². The number of aromatic nitrogens is 3. The van der Waals surface area contributed by atoms with E-state index in [1.165, 1.54) is 6.42 Å². The van der Waals surface area contributed by atoms with E-state index in [0.717, 1.165) is 25.7 Å². The van der Waals surface area contributed by atoms with Gasteiger partial charge in [-0.15, -0.1) is 10.2 Å². The average molecular weight is 309 g/mol. The van der Waals surface area contributed by atoms with Gasteiger partial charge in [0, 0.05) is 19.6 Å². The van der Waals surface area contributed by atoms with Crippen LogP contribution in [0.25, 0.3) is 0 Å². The topological polar surface area (TPSA) is 83.3 Å². The summed E-state index contributed by atoms with van der Waals surface area (Å²) in [6, 6.07) is -0.140. The fourth-order valence-corrected chi connectivity index (χ4v) is 3.09. The monoisotopic (exact) mass is 309 g/mol. The van der Waals surface area contributed by atoms with E-state index < -0.39 is 6.10 Å². The molecule has 0 aromatic carbocycles. The highest BCUT2D eigenvalue weighted by Crippen LogP contribution is 2.23. The molecule has 124 valence electrons. The summed E-state index contributed by atoms with van der Waals surface area (Å²) in [7, 11) is 1.85. The normalized spacial score (nSPS) is 18.7. The van der Waals surface area contributed by atoms with Crippen molar-refractivity contribution >= 4 is 6.03 Å². The van der Waals surface area contributed by atoms with Gasteiger partial charge in [-0.2, -0.15) is 0 Å². The molecule has 1 saturated carbocycles. The summed E-state index contributed by atoms with van der Waals surface area (Å²) in [4.78, 5) is 14.4. The van der Waals surface area contributed by atoms with Gasteiger partial charge in [-0.3, -0.25) is 0 Å². The first-order valence-electron chi connectivity index (χ1n) is 8.08. The molecule has 2 N–H and O–H groups in total. The van der Waals surface area contributed by atoms with Crippen LogP contribution in [0, 0.1) is 0 Å². The summed E-state index contributed by atoms with van der Waals surface area (Å²) >= 11 is 0. The van der Waals surface area contributed by atoms with Gasteiger partial charge in [0.1, 0.15) is 6.33 Å². The van der Waals surface area contributed by atoms with Crippen molar-refractivity contribution in [2.24, 2.45) is 7.05 Å². The van der Waals surface area contributed by atoms with Gasteiger partial charge in [0.15, 0.2) is 5.82 Å². The fraction of sp³-hybridized carbons (Fsp3) is 0.800. The molecule has 2 rings (SSSR count). The van der Waals surface area contributed by atoms with Crippen molar-refractivity contribution in [2.75, 3.05) is 6.54 Å². The van der Waals surface area contributed by atoms with E-state index >= 15 is 0 Å². The highest BCUT2D eigenvalue weighted by atomic mass is 16.3. The number of aliphatic hydroxyl groups excluding tert-OH is 1. The zero-order valence-corrected chi connectivity index (χ0v) is 13.7. The smallest absolute Gasteiger partial charge is 0.318 e. The predicted molar refractivity (Wildman–Crippen MR) is 83.2 cm³/mol. The molecular weight excluding hydrogens is 282 g/mol. The summed E-state index contributed by atoms with van der Waals surface area (Å²) in [6.07, 6.45) is 6.64. The third-order valence-corrected chi connectivity index (χ3v) is 4.21. The fourth-order valence-electron chi connectivity index (χ4n) is 3.09. The largest absolute Gasteiger partial charge is 0.392 e. The molecule has 1 fully saturated rings. The quantitative estimate of drug-likeness (QED) is 0.865. The first kappa shape index (κ1) is 16.7. The lowest BCUT2D eigenvalue weighted by Gasteiger charge is -2.35. The van der Waals surface area contributed by atoms with Crippen LogP contribution in [-0.4, -0.2) is 49.5 Å². The molecule has 7 nitrogen and oxygen atoms in total. The van der Waals surface area contributed by atoms with Crippen LogP contribution in [0.3, 0.4) is 0 Å². The zero-order chi connectivity index (χ0) is 16.1. The standard InChI is InChI=1S/C15H27N5O2/c1-11(21)9-20(13-7-5-4-6-8-13)15(22)17-12(2)14-18-16-10-19(14)3/h10-13,21H,4-9H2,1-3H3,(H,17,22)/t11-,12-/m1/s1. The average Bonchev–Trinajstić information content (AvgIpc) is 2.91. The lowest BCUT2D eigenvalue weighted by molar-refractivity contribution is 0.0978. The van der Waals surface area contributed by atoms with Crippen molar-refractivity contribution in [3.63, 3.8) is 0 Å². The van der Waals surface area contributed by atoms with E-state index in [1.807, 2.05) is 14.0 Å². The highest BCUT2D eigenvalue weighted by molar-refractivity contribution is 5.75. The number of aryl methyl sites for hydroxylation is 1. The minimum absolute atomic E-state index is 0.136. The van der Waals surface area contributed by atoms with Crippen LogP contribution < -0.4 is 5.32 Å². The molecule has 0 aliphatic heterocycles. The molecule has 1 heterocycles. The summed E-state index contributed by atoms with van der Waals surface area (Å²) in [5.41, 5.74) is 0. The van der Waals surface area contributed by atoms with E-state index in [1.54, 1.807) is 22.7 Å². The molecule has 7 heteroatoms. The van der Waals surface area contributed by atoms with Gasteiger partial charge in [0.25, 0.3) is 0 Å². The van der Waals surface area contributed by atoms with Crippen LogP contribution >= 0.6 is 0 Å². The number of aliphatic hydroxyl groups is 1. The Morgan fingerprint density at radius 3 is 2.68 bits per heavy atom. The third kappa shape index (κ3) is 4.19. The van der Waals surface area contributed by atoms with Gasteiger partial charge in [0.2, 0.25) is 0 Å². The summed E-state index contributed by atoms with van der Waals surface area (Å²) in [5, 5.41) is 20.6. The first-order chi connectivity index (χ1) is 10.5. The van der Waals surface area contributed by atoms with Crippen LogP contribution in [0.4, 0.5) is 4.79 Å². The first-order valence-corrected chi connectivity index (χ1v) is 8.08. The number of hydrogen-bond acceptors (Lipinski definition) is 4. The molecule has 0 bridgehead atoms. The number of amides is 2. The minimum atomic E-state index is -0.530. The molecule has 1 aliphatic rings. The number of nitrogens with zero attached hydrogens (tertiary/aromatic N) is 4. The van der Waals surface area contributed by atoms with Gasteiger partial charge in [0.05, 0.1) is 12.1 Å². The maximum atomic E-state index is 12.6. The van der Waals surface area contributed by atoms with Gasteiger partial charge in [-0.25, -0.2) is 4.79 Å². The molecule has 1 aromatic rings. The van der Waals surface area contributed by atoms with Crippen LogP contribution in [0.2, 0.25) is 0 Å². The van der Waals surface area contributed by atoms with Crippen LogP contribution in [0.1, 0.15) is 57.8 Å². The number of carbonyl (C=O) groups excluding carboxylic acids is 1. The predicted octanol–water partition coefficient (Wildman–Crippen LogP) is 1.60. The van der Waals surface area contributed by atoms with Crippen LogP contribution in [0.5, 0.6) is 0 Å². The molecule has 0 spiro atoms. The highest BCUT2D eigenvalue weighted by Gasteiger charge is 2.27. The van der Waals surface area contributed by atoms with Crippen molar-refractivity contribution in [1.82, 2.24) is 25.0 Å². The van der Waals surface area contributed by atoms with Gasteiger partial charge in [-0.05, 0) is 26.7 Å². The molecule has 0 saturated heterocycles. The number of urea groups is 1. The molecule has 22 heavy (non-hydrogen) atoms. The van der Waals surface area contributed by atoms with Crippen molar-refractivity contribution in [2.45, 2.75) is 64.1 Å². The Balaban J connectivity index is 2.03. The molecule has 2 amide bonds. The van der Waals surface area contributed by atoms with E-state index in [2.05, 4.69) is 15.5 Å². The van der Waals surface area contributed by atoms with Gasteiger partial charge >= 0.3 is 6.03 Å². The third-order valence-electron chi connectivity index (χ3n) is 4.21. The Labute approximate surface area is 131 Å². The maximum Gasteiger partial charge on any atom is 0.318 e. The molecule has 0 radical (unpaired) electrons. The lowest BCUT2D eigenvalue weighted by Crippen LogP contribution is -2.50. The van der Waals surface area contributed by atoms with Gasteiger partial charge < -0.3 is 19.9 Å². The van der Waals surface area contributed by atoms with E-state index in [4.69, 9.17) is 0 Å². The van der Waals surface area contributed by atoms with E-state index in [0.29, 0.717) is 12.4 Å². The molecule has 2 atom stereocenters. The van der Waals surface area contributed by atoms with Crippen LogP contribution in [-0.2, 0) is 7.05 Å². The summed E-state index contributed by atoms with van der Waals surface area (Å²) in [6.45, 7) is 3.97. The maximum absolute atomic E-state index is 12.6. The Morgan fingerprint density at radius 1 is 1.45 bits per heavy atom. The summed E-state index contributed by atoms with van der Waals surface area (Å²) in [5.74, 6) is 0.717. The van der Waals surface area contributed by atoms with Gasteiger partial charge in [-0.1, -0.05) is 19.3 Å². The Morgan fingerprint density at radius 2 is 2.14 bits per heavy atom. The zero-order valence-electron chi connectivity index (χ0n) is 13.7. The lowest BCUT2D eigenvalue weighted by atomic mass is 9.94. The minimum Gasteiger partial charge on any atom is -0.392 e. The SMILES string of the molecule is C[C@@H](O)CN(C(=O)N[C@H](C)c1nncn1C)C1CCCCC1. The second-order valence-electron chi connectivity index (χ2n) is 6.26. The Hall–Kier alpha value is -1.63. The number of rotatable bonds is 5.